The second-order valence-corrected chi connectivity index (χ2v) is 11.3. The molecule has 9 nitrogen and oxygen atoms in total. The molecule has 2 atom stereocenters. The number of nitrogens with zero attached hydrogens (tertiary/aromatic N) is 1. The number of allylic oxidation sites excluding steroid dienone is 1. The number of carboxylic acids is 1. The van der Waals surface area contributed by atoms with Crippen LogP contribution in [0.4, 0.5) is 17.6 Å². The highest BCUT2D eigenvalue weighted by Gasteiger charge is 2.33. The maximum Gasteiger partial charge on any atom is 0.305 e. The molecule has 0 saturated heterocycles. The molecule has 0 bridgehead atoms. The number of hydrogen-bond acceptors (Lipinski definition) is 6. The van der Waals surface area contributed by atoms with Gasteiger partial charge in [-0.3, -0.25) is 24.0 Å². The Hall–Kier alpha value is -4.55. The number of halogens is 4. The molecule has 3 rings (SSSR count). The van der Waals surface area contributed by atoms with Gasteiger partial charge in [0, 0.05) is 25.6 Å². The first-order valence-corrected chi connectivity index (χ1v) is 13.7. The van der Waals surface area contributed by atoms with Crippen LogP contribution >= 0.6 is 0 Å². The molecule has 1 aliphatic heterocycles. The van der Waals surface area contributed by atoms with Gasteiger partial charge in [-0.15, -0.1) is 0 Å². The molecular weight excluding hydrogens is 588 g/mol. The van der Waals surface area contributed by atoms with Gasteiger partial charge in [0.15, 0.2) is 23.2 Å². The number of nitrogens with one attached hydrogen (secondary N) is 1. The molecule has 236 valence electrons. The van der Waals surface area contributed by atoms with Crippen LogP contribution in [0.5, 0.6) is 5.75 Å². The predicted octanol–water partition coefficient (Wildman–Crippen LogP) is 3.66. The van der Waals surface area contributed by atoms with Gasteiger partial charge in [-0.2, -0.15) is 8.78 Å². The lowest BCUT2D eigenvalue weighted by molar-refractivity contribution is -0.145. The lowest BCUT2D eigenvalue weighted by atomic mass is 9.82. The first kappa shape index (κ1) is 33.9. The van der Waals surface area contributed by atoms with E-state index in [1.165, 1.54) is 4.90 Å². The van der Waals surface area contributed by atoms with E-state index in [9.17, 15) is 46.6 Å². The van der Waals surface area contributed by atoms with Crippen molar-refractivity contribution in [2.24, 2.45) is 5.92 Å². The smallest absolute Gasteiger partial charge is 0.305 e. The molecule has 13 heteroatoms. The Labute approximate surface area is 250 Å². The fourth-order valence-corrected chi connectivity index (χ4v) is 4.70. The highest BCUT2D eigenvalue weighted by molar-refractivity contribution is 6.36. The maximum absolute atomic E-state index is 13.9. The lowest BCUT2D eigenvalue weighted by Crippen LogP contribution is -2.49. The number of carboxylic acid groups (broad SMARTS) is 1. The van der Waals surface area contributed by atoms with Gasteiger partial charge in [-0.1, -0.05) is 57.2 Å². The molecule has 0 aliphatic carbocycles. The molecule has 0 spiro atoms. The van der Waals surface area contributed by atoms with Crippen molar-refractivity contribution in [3.05, 3.63) is 76.9 Å². The molecule has 0 aromatic heterocycles. The maximum atomic E-state index is 13.9. The first-order valence-electron chi connectivity index (χ1n) is 13.7. The van der Waals surface area contributed by atoms with Crippen LogP contribution in [0.1, 0.15) is 44.7 Å². The van der Waals surface area contributed by atoms with Gasteiger partial charge in [0.05, 0.1) is 12.3 Å². The minimum absolute atomic E-state index is 0.0297. The monoisotopic (exact) mass is 620 g/mol. The Morgan fingerprint density at radius 1 is 1.02 bits per heavy atom. The minimum atomic E-state index is -1.90. The molecule has 2 aromatic carbocycles. The van der Waals surface area contributed by atoms with Crippen LogP contribution in [0.2, 0.25) is 0 Å². The molecule has 0 saturated carbocycles. The third-order valence-corrected chi connectivity index (χ3v) is 6.94. The summed E-state index contributed by atoms with van der Waals surface area (Å²) >= 11 is 0. The van der Waals surface area contributed by atoms with Crippen molar-refractivity contribution in [1.29, 1.82) is 0 Å². The minimum Gasteiger partial charge on any atom is -0.481 e. The summed E-state index contributed by atoms with van der Waals surface area (Å²) in [6.45, 7) is 4.51. The van der Waals surface area contributed by atoms with E-state index in [-0.39, 0.29) is 37.4 Å². The average molecular weight is 621 g/mol. The largest absolute Gasteiger partial charge is 0.481 e. The Morgan fingerprint density at radius 3 is 2.27 bits per heavy atom. The summed E-state index contributed by atoms with van der Waals surface area (Å²) in [6, 6.07) is 5.44. The van der Waals surface area contributed by atoms with E-state index < -0.39 is 83.4 Å². The number of ether oxygens (including phenoxy) is 1. The first-order chi connectivity index (χ1) is 20.6. The van der Waals surface area contributed by atoms with Crippen LogP contribution in [0.15, 0.2) is 42.5 Å². The fraction of sp³-hybridized carbons (Fsp3) is 0.387. The molecule has 2 aromatic rings. The average Bonchev–Trinajstić information content (AvgIpc) is 3.21. The molecular formula is C31H32F4N2O7. The normalized spacial score (nSPS) is 15.7. The number of ketones is 2. The van der Waals surface area contributed by atoms with E-state index in [0.717, 1.165) is 5.56 Å². The summed E-state index contributed by atoms with van der Waals surface area (Å²) in [5.74, 6) is -14.9. The van der Waals surface area contributed by atoms with Gasteiger partial charge >= 0.3 is 5.97 Å². The van der Waals surface area contributed by atoms with Gasteiger partial charge in [0.25, 0.3) is 5.91 Å². The van der Waals surface area contributed by atoms with Crippen LogP contribution in [0, 0.1) is 29.2 Å². The number of aliphatic carboxylic acids is 1. The molecule has 0 fully saturated rings. The highest BCUT2D eigenvalue weighted by Crippen LogP contribution is 2.27. The lowest BCUT2D eigenvalue weighted by Gasteiger charge is -2.26. The fourth-order valence-electron chi connectivity index (χ4n) is 4.70. The van der Waals surface area contributed by atoms with Crippen molar-refractivity contribution in [3.63, 3.8) is 0 Å². The summed E-state index contributed by atoms with van der Waals surface area (Å²) in [6.07, 6.45) is 2.16. The van der Waals surface area contributed by atoms with Crippen LogP contribution in [-0.2, 0) is 35.8 Å². The molecule has 1 aliphatic rings. The molecule has 2 amide bonds. The number of rotatable bonds is 11. The number of benzene rings is 2. The number of hydrogen-bond donors (Lipinski definition) is 2. The van der Waals surface area contributed by atoms with Crippen LogP contribution in [0.25, 0.3) is 0 Å². The van der Waals surface area contributed by atoms with Crippen LogP contribution in [0.3, 0.4) is 0 Å². The van der Waals surface area contributed by atoms with Crippen molar-refractivity contribution in [1.82, 2.24) is 10.2 Å². The summed E-state index contributed by atoms with van der Waals surface area (Å²) in [7, 11) is 0. The Kier molecular flexibility index (Phi) is 11.0. The summed E-state index contributed by atoms with van der Waals surface area (Å²) in [5, 5.41) is 11.5. The molecule has 0 radical (unpaired) electrons. The van der Waals surface area contributed by atoms with Gasteiger partial charge in [-0.25, -0.2) is 8.78 Å². The summed E-state index contributed by atoms with van der Waals surface area (Å²) in [4.78, 5) is 64.5. The van der Waals surface area contributed by atoms with Gasteiger partial charge < -0.3 is 20.1 Å². The van der Waals surface area contributed by atoms with Crippen LogP contribution < -0.4 is 10.1 Å². The third-order valence-electron chi connectivity index (χ3n) is 6.94. The van der Waals surface area contributed by atoms with Crippen molar-refractivity contribution in [2.45, 2.75) is 51.5 Å². The van der Waals surface area contributed by atoms with E-state index in [1.54, 1.807) is 24.3 Å². The summed E-state index contributed by atoms with van der Waals surface area (Å²) in [5.41, 5.74) is 1.32. The zero-order chi connectivity index (χ0) is 32.8. The van der Waals surface area contributed by atoms with E-state index >= 15 is 0 Å². The quantitative estimate of drug-likeness (QED) is 0.170. The molecule has 1 heterocycles. The summed E-state index contributed by atoms with van der Waals surface area (Å²) < 4.78 is 59.4. The number of Topliss-reactive ketones (excluding diaryl/α,β-unsaturated/α-hetero) is 2. The van der Waals surface area contributed by atoms with Gasteiger partial charge in [0.1, 0.15) is 12.6 Å². The zero-order valence-electron chi connectivity index (χ0n) is 24.3. The van der Waals surface area contributed by atoms with Gasteiger partial charge in [-0.05, 0) is 23.0 Å². The second kappa shape index (κ2) is 14.3. The van der Waals surface area contributed by atoms with Crippen molar-refractivity contribution in [3.8, 4) is 5.75 Å². The van der Waals surface area contributed by atoms with Crippen LogP contribution in [-0.4, -0.2) is 65.1 Å². The Morgan fingerprint density at radius 2 is 1.66 bits per heavy atom. The molecule has 0 unspecified atom stereocenters. The standard InChI is InChI=1S/C31H32F4N2O7/c1-31(2,3)19-10-5-4-8-17(19)12-23(38)30(43)37-11-7-6-9-18(15-37)29(42)36-22(14-25(40)41)24(39)16-44-28-26(34)20(32)13-21(33)27(28)35/h4-8,10,13,18,22H,9,11-12,14-16H2,1-3H3,(H,36,42)(H,40,41)/t18-,22-/m0/s1. The van der Waals surface area contributed by atoms with Crippen molar-refractivity contribution < 1.29 is 51.4 Å². The zero-order valence-corrected chi connectivity index (χ0v) is 24.3. The topological polar surface area (TPSA) is 130 Å². The molecule has 44 heavy (non-hydrogen) atoms. The Bertz CT molecular complexity index is 1460. The highest BCUT2D eigenvalue weighted by atomic mass is 19.2. The van der Waals surface area contributed by atoms with E-state index in [0.29, 0.717) is 5.56 Å². The number of amides is 2. The van der Waals surface area contributed by atoms with Crippen molar-refractivity contribution in [2.75, 3.05) is 19.7 Å². The Balaban J connectivity index is 1.70. The van der Waals surface area contributed by atoms with Crippen molar-refractivity contribution >= 4 is 29.4 Å². The number of carbonyl (C=O) groups is 5. The third kappa shape index (κ3) is 8.51. The predicted molar refractivity (Wildman–Crippen MR) is 149 cm³/mol. The van der Waals surface area contributed by atoms with E-state index in [1.807, 2.05) is 32.9 Å². The second-order valence-electron chi connectivity index (χ2n) is 11.3. The van der Waals surface area contributed by atoms with E-state index in [2.05, 4.69) is 10.1 Å². The number of carbonyl (C=O) groups excluding carboxylic acids is 4. The SMILES string of the molecule is CC(C)(C)c1ccccc1CC(=O)C(=O)N1CC=CC[C@H](C(=O)N[C@@H](CC(=O)O)C(=O)COc2c(F)c(F)cc(F)c2F)C1. The van der Waals surface area contributed by atoms with Gasteiger partial charge in [0.2, 0.25) is 23.3 Å². The van der Waals surface area contributed by atoms with E-state index in [4.69, 9.17) is 0 Å². The molecule has 2 N–H and O–H groups in total.